The lowest BCUT2D eigenvalue weighted by Gasteiger charge is -2.40. The highest BCUT2D eigenvalue weighted by Gasteiger charge is 2.37. The SMILES string of the molecule is COC(C)(C)C(C)(C)O[B]c1ccc2ccc3c4ccccc4ccc3c2c1. The van der Waals surface area contributed by atoms with Crippen molar-refractivity contribution < 1.29 is 9.39 Å². The highest BCUT2D eigenvalue weighted by atomic mass is 16.5. The Balaban J connectivity index is 1.76. The van der Waals surface area contributed by atoms with E-state index in [0.717, 1.165) is 5.46 Å². The molecule has 0 aromatic heterocycles. The van der Waals surface area contributed by atoms with Gasteiger partial charge in [-0.15, -0.1) is 0 Å². The molecule has 0 fully saturated rings. The quantitative estimate of drug-likeness (QED) is 0.336. The molecule has 3 heteroatoms. The molecule has 4 aromatic carbocycles. The standard InChI is InChI=1S/C25H26BO2/c1-24(2,27-5)25(3,4)28-26-19-13-10-18-12-14-21-20-9-7-6-8-17(20)11-15-22(21)23(18)16-19/h6-16H,1-5H3. The van der Waals surface area contributed by atoms with E-state index in [9.17, 15) is 0 Å². The molecular formula is C25H26BO2. The molecule has 0 aliphatic rings. The average molecular weight is 369 g/mol. The summed E-state index contributed by atoms with van der Waals surface area (Å²) >= 11 is 0. The molecule has 0 saturated heterocycles. The molecule has 1 radical (unpaired) electrons. The van der Waals surface area contributed by atoms with E-state index in [4.69, 9.17) is 9.39 Å². The molecule has 0 aliphatic heterocycles. The van der Waals surface area contributed by atoms with Crippen LogP contribution in [0.2, 0.25) is 0 Å². The second-order valence-corrected chi connectivity index (χ2v) is 8.39. The molecule has 0 heterocycles. The zero-order chi connectivity index (χ0) is 19.9. The first kappa shape index (κ1) is 19.0. The summed E-state index contributed by atoms with van der Waals surface area (Å²) in [5.41, 5.74) is 0.200. The topological polar surface area (TPSA) is 18.5 Å². The molecule has 2 nitrogen and oxygen atoms in total. The molecule has 0 amide bonds. The van der Waals surface area contributed by atoms with Crippen LogP contribution < -0.4 is 5.46 Å². The molecule has 0 spiro atoms. The van der Waals surface area contributed by atoms with Gasteiger partial charge in [0.2, 0.25) is 0 Å². The lowest BCUT2D eigenvalue weighted by molar-refractivity contribution is -0.114. The van der Waals surface area contributed by atoms with E-state index in [1.54, 1.807) is 7.11 Å². The van der Waals surface area contributed by atoms with Crippen molar-refractivity contribution in [1.29, 1.82) is 0 Å². The Kier molecular flexibility index (Phi) is 4.69. The normalized spacial score (nSPS) is 12.8. The van der Waals surface area contributed by atoms with Gasteiger partial charge in [-0.2, -0.15) is 0 Å². The van der Waals surface area contributed by atoms with E-state index >= 15 is 0 Å². The molecule has 4 rings (SSSR count). The zero-order valence-corrected chi connectivity index (χ0v) is 17.2. The van der Waals surface area contributed by atoms with Crippen LogP contribution in [-0.2, 0) is 9.39 Å². The molecular weight excluding hydrogens is 343 g/mol. The Hall–Kier alpha value is -2.36. The second kappa shape index (κ2) is 6.91. The molecule has 0 N–H and O–H groups in total. The smallest absolute Gasteiger partial charge is 0.330 e. The van der Waals surface area contributed by atoms with Crippen LogP contribution in [0.3, 0.4) is 0 Å². The van der Waals surface area contributed by atoms with Crippen LogP contribution in [-0.4, -0.2) is 25.8 Å². The average Bonchev–Trinajstić information content (AvgIpc) is 2.71. The van der Waals surface area contributed by atoms with Crippen molar-refractivity contribution >= 4 is 45.3 Å². The van der Waals surface area contributed by atoms with Gasteiger partial charge in [-0.3, -0.25) is 0 Å². The number of rotatable bonds is 5. The van der Waals surface area contributed by atoms with E-state index in [2.05, 4.69) is 80.6 Å². The highest BCUT2D eigenvalue weighted by Crippen LogP contribution is 2.31. The van der Waals surface area contributed by atoms with Gasteiger partial charge in [-0.05, 0) is 60.0 Å². The number of methoxy groups -OCH3 is 1. The number of ether oxygens (including phenoxy) is 1. The van der Waals surface area contributed by atoms with E-state index in [1.807, 2.05) is 21.3 Å². The summed E-state index contributed by atoms with van der Waals surface area (Å²) in [6.45, 7) is 8.19. The molecule has 0 unspecified atom stereocenters. The van der Waals surface area contributed by atoms with Crippen molar-refractivity contribution in [2.75, 3.05) is 7.11 Å². The predicted octanol–water partition coefficient (Wildman–Crippen LogP) is 5.61. The fourth-order valence-corrected chi connectivity index (χ4v) is 3.51. The molecule has 28 heavy (non-hydrogen) atoms. The minimum Gasteiger partial charge on any atom is -0.427 e. The van der Waals surface area contributed by atoms with Crippen molar-refractivity contribution in [3.8, 4) is 0 Å². The molecule has 0 saturated carbocycles. The monoisotopic (exact) mass is 369 g/mol. The minimum absolute atomic E-state index is 0.397. The summed E-state index contributed by atoms with van der Waals surface area (Å²) in [6.07, 6.45) is 0. The number of fused-ring (bicyclic) bond motifs is 5. The van der Waals surface area contributed by atoms with Crippen LogP contribution >= 0.6 is 0 Å². The maximum absolute atomic E-state index is 6.15. The summed E-state index contributed by atoms with van der Waals surface area (Å²) in [7, 11) is 3.57. The molecule has 141 valence electrons. The lowest BCUT2D eigenvalue weighted by atomic mass is 9.81. The Bertz CT molecular complexity index is 1160. The van der Waals surface area contributed by atoms with Crippen LogP contribution in [0.4, 0.5) is 0 Å². The fraction of sp³-hybridized carbons (Fsp3) is 0.280. The van der Waals surface area contributed by atoms with Gasteiger partial charge in [0, 0.05) is 7.11 Å². The maximum atomic E-state index is 6.15. The van der Waals surface area contributed by atoms with Gasteiger partial charge in [0.05, 0.1) is 11.2 Å². The van der Waals surface area contributed by atoms with Crippen molar-refractivity contribution in [1.82, 2.24) is 0 Å². The third-order valence-electron chi connectivity index (χ3n) is 6.22. The largest absolute Gasteiger partial charge is 0.427 e. The predicted molar refractivity (Wildman–Crippen MR) is 121 cm³/mol. The van der Waals surface area contributed by atoms with Gasteiger partial charge in [0.1, 0.15) is 0 Å². The van der Waals surface area contributed by atoms with Crippen LogP contribution in [0, 0.1) is 0 Å². The third-order valence-corrected chi connectivity index (χ3v) is 6.22. The summed E-state index contributed by atoms with van der Waals surface area (Å²) in [5, 5.41) is 7.58. The fourth-order valence-electron chi connectivity index (χ4n) is 3.51. The van der Waals surface area contributed by atoms with E-state index in [-0.39, 0.29) is 0 Å². The van der Waals surface area contributed by atoms with Gasteiger partial charge in [-0.1, -0.05) is 72.2 Å². The summed E-state index contributed by atoms with van der Waals surface area (Å²) in [5.74, 6) is 0. The number of hydrogen-bond acceptors (Lipinski definition) is 2. The van der Waals surface area contributed by atoms with Crippen molar-refractivity contribution in [2.45, 2.75) is 38.9 Å². The van der Waals surface area contributed by atoms with Gasteiger partial charge in [-0.25, -0.2) is 0 Å². The van der Waals surface area contributed by atoms with Crippen LogP contribution in [0.1, 0.15) is 27.7 Å². The first-order valence-electron chi connectivity index (χ1n) is 9.73. The van der Waals surface area contributed by atoms with E-state index in [0.29, 0.717) is 0 Å². The molecule has 4 aromatic rings. The van der Waals surface area contributed by atoms with Crippen molar-refractivity contribution in [3.63, 3.8) is 0 Å². The van der Waals surface area contributed by atoms with Gasteiger partial charge in [0.15, 0.2) is 0 Å². The lowest BCUT2D eigenvalue weighted by Crippen LogP contribution is -2.50. The van der Waals surface area contributed by atoms with Gasteiger partial charge in [0.25, 0.3) is 0 Å². The van der Waals surface area contributed by atoms with Crippen molar-refractivity contribution in [3.05, 3.63) is 66.7 Å². The van der Waals surface area contributed by atoms with Gasteiger partial charge >= 0.3 is 7.48 Å². The summed E-state index contributed by atoms with van der Waals surface area (Å²) in [4.78, 5) is 0. The number of benzene rings is 4. The minimum atomic E-state index is -0.453. The Morgan fingerprint density at radius 2 is 1.25 bits per heavy atom. The number of hydrogen-bond donors (Lipinski definition) is 0. The van der Waals surface area contributed by atoms with Crippen molar-refractivity contribution in [2.24, 2.45) is 0 Å². The first-order chi connectivity index (χ1) is 13.3. The van der Waals surface area contributed by atoms with Crippen LogP contribution in [0.25, 0.3) is 32.3 Å². The van der Waals surface area contributed by atoms with Crippen LogP contribution in [0.5, 0.6) is 0 Å². The zero-order valence-electron chi connectivity index (χ0n) is 17.2. The third kappa shape index (κ3) is 3.19. The molecule has 0 atom stereocenters. The molecule has 0 bridgehead atoms. The maximum Gasteiger partial charge on any atom is 0.330 e. The highest BCUT2D eigenvalue weighted by molar-refractivity contribution is 6.47. The Labute approximate surface area is 167 Å². The van der Waals surface area contributed by atoms with E-state index < -0.39 is 11.2 Å². The van der Waals surface area contributed by atoms with E-state index in [1.165, 1.54) is 32.3 Å². The van der Waals surface area contributed by atoms with Crippen LogP contribution in [0.15, 0.2) is 66.7 Å². The van der Waals surface area contributed by atoms with Gasteiger partial charge < -0.3 is 9.39 Å². The Morgan fingerprint density at radius 3 is 1.96 bits per heavy atom. The Morgan fingerprint density at radius 1 is 0.643 bits per heavy atom. The second-order valence-electron chi connectivity index (χ2n) is 8.39. The first-order valence-corrected chi connectivity index (χ1v) is 9.73. The summed E-state index contributed by atoms with van der Waals surface area (Å²) < 4.78 is 11.8. The summed E-state index contributed by atoms with van der Waals surface area (Å²) in [6, 6.07) is 23.9. The molecule has 0 aliphatic carbocycles.